The fraction of sp³-hybridized carbons (Fsp3) is 0.267. The quantitative estimate of drug-likeness (QED) is 0.549. The van der Waals surface area contributed by atoms with Crippen molar-refractivity contribution in [1.29, 1.82) is 0 Å². The number of benzodiazepines with no additional fused rings is 1. The minimum absolute atomic E-state index is 0.101. The number of anilines is 1. The van der Waals surface area contributed by atoms with Gasteiger partial charge < -0.3 is 25.0 Å². The van der Waals surface area contributed by atoms with Gasteiger partial charge in [0.15, 0.2) is 0 Å². The molecule has 0 radical (unpaired) electrons. The van der Waals surface area contributed by atoms with E-state index in [9.17, 15) is 19.5 Å². The third-order valence-electron chi connectivity index (χ3n) is 6.48. The Morgan fingerprint density at radius 1 is 0.974 bits per heavy atom. The second kappa shape index (κ2) is 10.9. The Hall–Kier alpha value is -4.46. The number of hydrogen-bond acceptors (Lipinski definition) is 5. The second-order valence-corrected chi connectivity index (χ2v) is 10.2. The summed E-state index contributed by atoms with van der Waals surface area (Å²) in [6.07, 6.45) is -2.64. The molecule has 1 unspecified atom stereocenters. The van der Waals surface area contributed by atoms with Gasteiger partial charge in [0.05, 0.1) is 11.4 Å². The number of aliphatic imine (C=N–C) groups is 1. The van der Waals surface area contributed by atoms with Crippen molar-refractivity contribution in [3.8, 4) is 0 Å². The molecule has 0 saturated heterocycles. The SMILES string of the molecule is CN1C(=O)C(NC(=O)[C@@H](Cc2ccccc2)N(C(=O)[O-])C(C)(C)C)N=C(c2ccccc2)c2ccccc21. The van der Waals surface area contributed by atoms with Crippen LogP contribution in [0.5, 0.6) is 0 Å². The number of para-hydroxylation sites is 1. The van der Waals surface area contributed by atoms with Gasteiger partial charge in [0, 0.05) is 30.1 Å². The molecule has 196 valence electrons. The summed E-state index contributed by atoms with van der Waals surface area (Å²) in [4.78, 5) is 46.8. The van der Waals surface area contributed by atoms with E-state index in [1.165, 1.54) is 4.90 Å². The topological polar surface area (TPSA) is 105 Å². The number of benzene rings is 3. The molecule has 0 spiro atoms. The van der Waals surface area contributed by atoms with Crippen molar-refractivity contribution in [1.82, 2.24) is 10.2 Å². The van der Waals surface area contributed by atoms with E-state index in [0.29, 0.717) is 11.4 Å². The smallest absolute Gasteiger partial charge is 0.272 e. The zero-order chi connectivity index (χ0) is 27.4. The molecule has 8 nitrogen and oxygen atoms in total. The van der Waals surface area contributed by atoms with Crippen LogP contribution >= 0.6 is 0 Å². The van der Waals surface area contributed by atoms with E-state index in [2.05, 4.69) is 5.32 Å². The fourth-order valence-electron chi connectivity index (χ4n) is 4.68. The maximum atomic E-state index is 13.8. The maximum Gasteiger partial charge on any atom is 0.272 e. The van der Waals surface area contributed by atoms with Gasteiger partial charge in [-0.15, -0.1) is 0 Å². The van der Waals surface area contributed by atoms with Crippen LogP contribution in [-0.2, 0) is 16.0 Å². The van der Waals surface area contributed by atoms with Crippen LogP contribution in [0.4, 0.5) is 10.5 Å². The molecule has 4 rings (SSSR count). The standard InChI is InChI=1S/C30H32N4O4/c1-30(2,3)34(29(37)38)24(19-20-13-7-5-8-14-20)27(35)32-26-28(36)33(4)23-18-12-11-17-22(23)25(31-26)21-15-9-6-10-16-21/h5-18,24,26H,19H2,1-4H3,(H,32,35)(H,37,38)/p-1/t24-,26?/m1/s1. The van der Waals surface area contributed by atoms with Crippen LogP contribution in [0.1, 0.15) is 37.5 Å². The molecule has 1 aliphatic heterocycles. The van der Waals surface area contributed by atoms with Gasteiger partial charge in [-0.2, -0.15) is 0 Å². The van der Waals surface area contributed by atoms with Crippen molar-refractivity contribution in [3.05, 3.63) is 102 Å². The van der Waals surface area contributed by atoms with Crippen LogP contribution in [0.3, 0.4) is 0 Å². The minimum Gasteiger partial charge on any atom is -0.530 e. The average Bonchev–Trinajstić information content (AvgIpc) is 2.99. The van der Waals surface area contributed by atoms with Crippen molar-refractivity contribution in [2.24, 2.45) is 4.99 Å². The number of nitrogens with one attached hydrogen (secondary N) is 1. The Bertz CT molecular complexity index is 1350. The Morgan fingerprint density at radius 2 is 1.55 bits per heavy atom. The maximum absolute atomic E-state index is 13.8. The van der Waals surface area contributed by atoms with Gasteiger partial charge in [0.1, 0.15) is 12.1 Å². The number of amides is 3. The lowest BCUT2D eigenvalue weighted by Gasteiger charge is -2.43. The number of nitrogens with zero attached hydrogens (tertiary/aromatic N) is 3. The molecule has 0 saturated carbocycles. The number of carbonyl (C=O) groups is 3. The summed E-state index contributed by atoms with van der Waals surface area (Å²) in [5, 5.41) is 15.0. The molecule has 3 aromatic rings. The molecular weight excluding hydrogens is 480 g/mol. The van der Waals surface area contributed by atoms with Crippen molar-refractivity contribution < 1.29 is 19.5 Å². The van der Waals surface area contributed by atoms with E-state index in [-0.39, 0.29) is 6.42 Å². The molecule has 0 bridgehead atoms. The van der Waals surface area contributed by atoms with Gasteiger partial charge >= 0.3 is 0 Å². The fourth-order valence-corrected chi connectivity index (χ4v) is 4.68. The first-order chi connectivity index (χ1) is 18.1. The Kier molecular flexibility index (Phi) is 7.62. The zero-order valence-corrected chi connectivity index (χ0v) is 21.9. The van der Waals surface area contributed by atoms with Crippen molar-refractivity contribution in [2.75, 3.05) is 11.9 Å². The number of likely N-dealkylation sites (N-methyl/N-ethyl adjacent to an activating group) is 1. The van der Waals surface area contributed by atoms with Crippen LogP contribution in [0.25, 0.3) is 0 Å². The predicted molar refractivity (Wildman–Crippen MR) is 145 cm³/mol. The molecule has 1 aliphatic rings. The van der Waals surface area contributed by atoms with Gasteiger partial charge in [-0.25, -0.2) is 4.99 Å². The van der Waals surface area contributed by atoms with Crippen molar-refractivity contribution >= 4 is 29.3 Å². The monoisotopic (exact) mass is 511 g/mol. The molecule has 3 aromatic carbocycles. The first kappa shape index (κ1) is 26.6. The van der Waals surface area contributed by atoms with Crippen LogP contribution in [-0.4, -0.2) is 53.3 Å². The summed E-state index contributed by atoms with van der Waals surface area (Å²) in [7, 11) is 1.63. The minimum atomic E-state index is -1.47. The predicted octanol–water partition coefficient (Wildman–Crippen LogP) is 3.00. The number of carbonyl (C=O) groups excluding carboxylic acids is 3. The van der Waals surface area contributed by atoms with E-state index in [0.717, 1.165) is 21.6 Å². The largest absolute Gasteiger partial charge is 0.530 e. The highest BCUT2D eigenvalue weighted by molar-refractivity contribution is 6.20. The van der Waals surface area contributed by atoms with Crippen molar-refractivity contribution in [2.45, 2.75) is 44.9 Å². The van der Waals surface area contributed by atoms with E-state index in [1.54, 1.807) is 27.8 Å². The summed E-state index contributed by atoms with van der Waals surface area (Å²) >= 11 is 0. The average molecular weight is 512 g/mol. The lowest BCUT2D eigenvalue weighted by molar-refractivity contribution is -0.273. The molecule has 0 aliphatic carbocycles. The highest BCUT2D eigenvalue weighted by atomic mass is 16.4. The van der Waals surface area contributed by atoms with E-state index < -0.39 is 35.7 Å². The second-order valence-electron chi connectivity index (χ2n) is 10.2. The van der Waals surface area contributed by atoms with E-state index in [4.69, 9.17) is 4.99 Å². The van der Waals surface area contributed by atoms with Crippen LogP contribution in [0.2, 0.25) is 0 Å². The molecule has 2 atom stereocenters. The van der Waals surface area contributed by atoms with E-state index >= 15 is 0 Å². The summed E-state index contributed by atoms with van der Waals surface area (Å²) in [5.74, 6) is -1.08. The van der Waals surface area contributed by atoms with Crippen LogP contribution < -0.4 is 15.3 Å². The number of hydrogen-bond donors (Lipinski definition) is 1. The summed E-state index contributed by atoms with van der Waals surface area (Å²) in [6, 6.07) is 24.8. The van der Waals surface area contributed by atoms with E-state index in [1.807, 2.05) is 84.9 Å². The van der Waals surface area contributed by atoms with Crippen LogP contribution in [0.15, 0.2) is 89.9 Å². The lowest BCUT2D eigenvalue weighted by atomic mass is 9.97. The molecule has 1 N–H and O–H groups in total. The third-order valence-corrected chi connectivity index (χ3v) is 6.48. The lowest BCUT2D eigenvalue weighted by Crippen LogP contribution is -2.62. The number of rotatable bonds is 6. The number of carboxylic acid groups (broad SMARTS) is 1. The third kappa shape index (κ3) is 5.59. The van der Waals surface area contributed by atoms with Gasteiger partial charge in [-0.1, -0.05) is 78.9 Å². The normalized spacial score (nSPS) is 16.1. The van der Waals surface area contributed by atoms with Crippen LogP contribution in [0, 0.1) is 0 Å². The van der Waals surface area contributed by atoms with Gasteiger partial charge in [-0.05, 0) is 32.4 Å². The highest BCUT2D eigenvalue weighted by Gasteiger charge is 2.37. The molecule has 1 heterocycles. The molecule has 0 aromatic heterocycles. The molecule has 38 heavy (non-hydrogen) atoms. The summed E-state index contributed by atoms with van der Waals surface area (Å²) in [6.45, 7) is 5.09. The van der Waals surface area contributed by atoms with Gasteiger partial charge in [0.2, 0.25) is 12.1 Å². The van der Waals surface area contributed by atoms with Crippen molar-refractivity contribution in [3.63, 3.8) is 0 Å². The highest BCUT2D eigenvalue weighted by Crippen LogP contribution is 2.27. The van der Waals surface area contributed by atoms with Gasteiger partial charge in [0.25, 0.3) is 5.91 Å². The molecule has 0 fully saturated rings. The molecular formula is C30H31N4O4-. The first-order valence-electron chi connectivity index (χ1n) is 12.4. The first-order valence-corrected chi connectivity index (χ1v) is 12.4. The Morgan fingerprint density at radius 3 is 2.16 bits per heavy atom. The summed E-state index contributed by atoms with van der Waals surface area (Å²) in [5.41, 5.74) is 2.58. The van der Waals surface area contributed by atoms with Gasteiger partial charge in [-0.3, -0.25) is 9.59 Å². The Balaban J connectivity index is 1.76. The molecule has 8 heteroatoms. The summed E-state index contributed by atoms with van der Waals surface area (Å²) < 4.78 is 0. The number of fused-ring (bicyclic) bond motifs is 1. The molecule has 3 amide bonds. The zero-order valence-electron chi connectivity index (χ0n) is 21.9. The Labute approximate surface area is 222 Å².